The molecule has 1 aliphatic heterocycles. The summed E-state index contributed by atoms with van der Waals surface area (Å²) in [4.78, 5) is 0. The second-order valence-corrected chi connectivity index (χ2v) is 5.51. The fourth-order valence-corrected chi connectivity index (χ4v) is 2.26. The lowest BCUT2D eigenvalue weighted by atomic mass is 10.1. The van der Waals surface area contributed by atoms with Gasteiger partial charge in [0.1, 0.15) is 5.75 Å². The highest BCUT2D eigenvalue weighted by Gasteiger charge is 2.16. The molecule has 2 unspecified atom stereocenters. The maximum Gasteiger partial charge on any atom is 0.119 e. The van der Waals surface area contributed by atoms with Gasteiger partial charge in [0.2, 0.25) is 0 Å². The summed E-state index contributed by atoms with van der Waals surface area (Å²) in [5.41, 5.74) is 7.19. The van der Waals surface area contributed by atoms with E-state index in [9.17, 15) is 0 Å². The van der Waals surface area contributed by atoms with Crippen LogP contribution >= 0.6 is 0 Å². The molecule has 0 amide bonds. The molecule has 1 fully saturated rings. The molecule has 1 aromatic rings. The van der Waals surface area contributed by atoms with Crippen molar-refractivity contribution < 1.29 is 14.2 Å². The molecule has 20 heavy (non-hydrogen) atoms. The highest BCUT2D eigenvalue weighted by atomic mass is 16.5. The standard InChI is InChI=1S/C16H25NO3/c1-12(2)20-14-7-5-13(6-8-14)16(17)11-18-10-15-4-3-9-19-15/h5-8,12,15-16H,3-4,9-11,17H2,1-2H3. The molecule has 2 N–H and O–H groups in total. The van der Waals surface area contributed by atoms with Crippen molar-refractivity contribution in [3.05, 3.63) is 29.8 Å². The van der Waals surface area contributed by atoms with Gasteiger partial charge in [-0.3, -0.25) is 0 Å². The van der Waals surface area contributed by atoms with Gasteiger partial charge in [-0.2, -0.15) is 0 Å². The quantitative estimate of drug-likeness (QED) is 0.833. The van der Waals surface area contributed by atoms with E-state index in [1.54, 1.807) is 0 Å². The van der Waals surface area contributed by atoms with E-state index < -0.39 is 0 Å². The van der Waals surface area contributed by atoms with E-state index in [0.29, 0.717) is 13.2 Å². The van der Waals surface area contributed by atoms with E-state index >= 15 is 0 Å². The molecule has 0 aliphatic carbocycles. The molecule has 1 aliphatic rings. The van der Waals surface area contributed by atoms with Crippen LogP contribution in [0, 0.1) is 0 Å². The normalized spacial score (nSPS) is 20.3. The third-order valence-electron chi connectivity index (χ3n) is 3.31. The summed E-state index contributed by atoms with van der Waals surface area (Å²) >= 11 is 0. The second-order valence-electron chi connectivity index (χ2n) is 5.51. The van der Waals surface area contributed by atoms with Crippen LogP contribution in [0.25, 0.3) is 0 Å². The SMILES string of the molecule is CC(C)Oc1ccc(C(N)COCC2CCCO2)cc1. The molecule has 0 spiro atoms. The zero-order valence-electron chi connectivity index (χ0n) is 12.4. The van der Waals surface area contributed by atoms with Crippen molar-refractivity contribution in [3.8, 4) is 5.75 Å². The molecule has 112 valence electrons. The minimum absolute atomic E-state index is 0.107. The fourth-order valence-electron chi connectivity index (χ4n) is 2.26. The Balaban J connectivity index is 1.75. The summed E-state index contributed by atoms with van der Waals surface area (Å²) in [7, 11) is 0. The van der Waals surface area contributed by atoms with Gasteiger partial charge in [0.25, 0.3) is 0 Å². The van der Waals surface area contributed by atoms with Crippen LogP contribution in [-0.4, -0.2) is 32.0 Å². The van der Waals surface area contributed by atoms with Crippen LogP contribution in [0.2, 0.25) is 0 Å². The van der Waals surface area contributed by atoms with E-state index in [2.05, 4.69) is 0 Å². The van der Waals surface area contributed by atoms with Crippen molar-refractivity contribution in [2.24, 2.45) is 5.73 Å². The number of hydrogen-bond acceptors (Lipinski definition) is 4. The first-order chi connectivity index (χ1) is 9.65. The maximum absolute atomic E-state index is 6.12. The number of ether oxygens (including phenoxy) is 3. The predicted octanol–water partition coefficient (Wildman–Crippen LogP) is 2.67. The zero-order chi connectivity index (χ0) is 14.4. The molecule has 2 rings (SSSR count). The van der Waals surface area contributed by atoms with Crippen LogP contribution in [0.1, 0.15) is 38.3 Å². The molecule has 1 heterocycles. The first kappa shape index (κ1) is 15.3. The first-order valence-corrected chi connectivity index (χ1v) is 7.36. The first-order valence-electron chi connectivity index (χ1n) is 7.36. The Kier molecular flexibility index (Phi) is 5.83. The minimum atomic E-state index is -0.107. The molecule has 0 bridgehead atoms. The van der Waals surface area contributed by atoms with Crippen molar-refractivity contribution >= 4 is 0 Å². The van der Waals surface area contributed by atoms with Gasteiger partial charge in [-0.25, -0.2) is 0 Å². The molecule has 4 heteroatoms. The fraction of sp³-hybridized carbons (Fsp3) is 0.625. The number of benzene rings is 1. The molecule has 4 nitrogen and oxygen atoms in total. The van der Waals surface area contributed by atoms with Gasteiger partial charge in [-0.1, -0.05) is 12.1 Å². The van der Waals surface area contributed by atoms with Crippen LogP contribution in [0.5, 0.6) is 5.75 Å². The molecule has 0 radical (unpaired) electrons. The molecule has 0 saturated carbocycles. The maximum atomic E-state index is 6.12. The average molecular weight is 279 g/mol. The molecular formula is C16H25NO3. The van der Waals surface area contributed by atoms with Gasteiger partial charge in [0.05, 0.1) is 31.5 Å². The zero-order valence-corrected chi connectivity index (χ0v) is 12.4. The van der Waals surface area contributed by atoms with Crippen molar-refractivity contribution in [1.82, 2.24) is 0 Å². The van der Waals surface area contributed by atoms with Gasteiger partial charge >= 0.3 is 0 Å². The third kappa shape index (κ3) is 4.78. The lowest BCUT2D eigenvalue weighted by molar-refractivity contribution is 0.0129. The van der Waals surface area contributed by atoms with Crippen LogP contribution < -0.4 is 10.5 Å². The Hall–Kier alpha value is -1.10. The summed E-state index contributed by atoms with van der Waals surface area (Å²) in [5, 5.41) is 0. The number of rotatable bonds is 7. The smallest absolute Gasteiger partial charge is 0.119 e. The van der Waals surface area contributed by atoms with Gasteiger partial charge in [-0.05, 0) is 44.4 Å². The molecular weight excluding hydrogens is 254 g/mol. The van der Waals surface area contributed by atoms with Gasteiger partial charge in [0, 0.05) is 6.61 Å². The van der Waals surface area contributed by atoms with Crippen LogP contribution in [0.3, 0.4) is 0 Å². The Labute approximate surface area is 121 Å². The minimum Gasteiger partial charge on any atom is -0.491 e. The topological polar surface area (TPSA) is 53.7 Å². The van der Waals surface area contributed by atoms with Crippen molar-refractivity contribution in [1.29, 1.82) is 0 Å². The lowest BCUT2D eigenvalue weighted by Crippen LogP contribution is -2.21. The van der Waals surface area contributed by atoms with Gasteiger partial charge < -0.3 is 19.9 Å². The second kappa shape index (κ2) is 7.62. The third-order valence-corrected chi connectivity index (χ3v) is 3.31. The average Bonchev–Trinajstić information content (AvgIpc) is 2.92. The van der Waals surface area contributed by atoms with E-state index in [-0.39, 0.29) is 18.2 Å². The van der Waals surface area contributed by atoms with Crippen molar-refractivity contribution in [2.45, 2.75) is 44.9 Å². The highest BCUT2D eigenvalue weighted by Crippen LogP contribution is 2.18. The monoisotopic (exact) mass is 279 g/mol. The largest absolute Gasteiger partial charge is 0.491 e. The lowest BCUT2D eigenvalue weighted by Gasteiger charge is -2.16. The molecule has 0 aromatic heterocycles. The molecule has 1 aromatic carbocycles. The van der Waals surface area contributed by atoms with E-state index in [0.717, 1.165) is 30.8 Å². The predicted molar refractivity (Wildman–Crippen MR) is 78.9 cm³/mol. The van der Waals surface area contributed by atoms with Crippen LogP contribution in [0.15, 0.2) is 24.3 Å². The van der Waals surface area contributed by atoms with E-state index in [1.165, 1.54) is 0 Å². The summed E-state index contributed by atoms with van der Waals surface area (Å²) in [5.74, 6) is 0.872. The van der Waals surface area contributed by atoms with Crippen molar-refractivity contribution in [3.63, 3.8) is 0 Å². The molecule has 2 atom stereocenters. The summed E-state index contributed by atoms with van der Waals surface area (Å²) in [6, 6.07) is 7.80. The Morgan fingerprint density at radius 1 is 1.30 bits per heavy atom. The highest BCUT2D eigenvalue weighted by molar-refractivity contribution is 5.29. The van der Waals surface area contributed by atoms with Crippen LogP contribution in [0.4, 0.5) is 0 Å². The van der Waals surface area contributed by atoms with E-state index in [4.69, 9.17) is 19.9 Å². The Bertz CT molecular complexity index is 385. The van der Waals surface area contributed by atoms with Crippen LogP contribution in [-0.2, 0) is 9.47 Å². The summed E-state index contributed by atoms with van der Waals surface area (Å²) in [6.45, 7) is 6.04. The summed E-state index contributed by atoms with van der Waals surface area (Å²) < 4.78 is 16.8. The Morgan fingerprint density at radius 3 is 2.65 bits per heavy atom. The van der Waals surface area contributed by atoms with Gasteiger partial charge in [0.15, 0.2) is 0 Å². The summed E-state index contributed by atoms with van der Waals surface area (Å²) in [6.07, 6.45) is 2.67. The molecule has 1 saturated heterocycles. The Morgan fingerprint density at radius 2 is 2.05 bits per heavy atom. The number of hydrogen-bond donors (Lipinski definition) is 1. The van der Waals surface area contributed by atoms with Crippen molar-refractivity contribution in [2.75, 3.05) is 19.8 Å². The van der Waals surface area contributed by atoms with Gasteiger partial charge in [-0.15, -0.1) is 0 Å². The van der Waals surface area contributed by atoms with E-state index in [1.807, 2.05) is 38.1 Å². The number of nitrogens with two attached hydrogens (primary N) is 1.